The number of fused-ring (bicyclic) bond motifs is 1. The second kappa shape index (κ2) is 6.88. The standard InChI is InChI=1S/C19H18F3N5O/c1-12-16(24-9-8-23-12)26-10-4-7-15(26)17-25-14-6-3-2-5-13(14)18(28)27(17)11-19(20,21)22/h2-3,5-6,8-9,15H,4,7,10-11H2,1H3. The highest BCUT2D eigenvalue weighted by molar-refractivity contribution is 5.77. The number of halogens is 3. The van der Waals surface area contributed by atoms with Crippen molar-refractivity contribution in [3.8, 4) is 0 Å². The van der Waals surface area contributed by atoms with Crippen molar-refractivity contribution in [2.75, 3.05) is 11.4 Å². The Morgan fingerprint density at radius 2 is 1.93 bits per heavy atom. The first kappa shape index (κ1) is 18.4. The van der Waals surface area contributed by atoms with Crippen LogP contribution >= 0.6 is 0 Å². The minimum atomic E-state index is -4.53. The number of benzene rings is 1. The van der Waals surface area contributed by atoms with Crippen LogP contribution in [0.3, 0.4) is 0 Å². The van der Waals surface area contributed by atoms with Crippen LogP contribution < -0.4 is 10.5 Å². The average Bonchev–Trinajstić information content (AvgIpc) is 3.12. The van der Waals surface area contributed by atoms with Gasteiger partial charge in [0.1, 0.15) is 12.4 Å². The molecular formula is C19H18F3N5O. The van der Waals surface area contributed by atoms with Crippen molar-refractivity contribution in [1.29, 1.82) is 0 Å². The Morgan fingerprint density at radius 1 is 1.18 bits per heavy atom. The molecule has 2 aromatic heterocycles. The molecule has 0 N–H and O–H groups in total. The molecule has 1 aromatic carbocycles. The van der Waals surface area contributed by atoms with Crippen LogP contribution in [0, 0.1) is 6.92 Å². The molecule has 3 heterocycles. The highest BCUT2D eigenvalue weighted by Crippen LogP contribution is 2.36. The molecule has 0 radical (unpaired) electrons. The molecule has 0 aliphatic carbocycles. The van der Waals surface area contributed by atoms with Crippen LogP contribution in [0.4, 0.5) is 19.0 Å². The quantitative estimate of drug-likeness (QED) is 0.687. The largest absolute Gasteiger partial charge is 0.406 e. The number of rotatable bonds is 3. The van der Waals surface area contributed by atoms with Gasteiger partial charge >= 0.3 is 6.18 Å². The number of nitrogens with zero attached hydrogens (tertiary/aromatic N) is 5. The van der Waals surface area contributed by atoms with E-state index in [1.165, 1.54) is 6.07 Å². The lowest BCUT2D eigenvalue weighted by atomic mass is 10.1. The number of aryl methyl sites for hydroxylation is 1. The number of hydrogen-bond donors (Lipinski definition) is 0. The molecule has 0 bridgehead atoms. The van der Waals surface area contributed by atoms with Gasteiger partial charge < -0.3 is 4.90 Å². The van der Waals surface area contributed by atoms with Gasteiger partial charge in [0.2, 0.25) is 0 Å². The van der Waals surface area contributed by atoms with Gasteiger partial charge in [-0.3, -0.25) is 14.3 Å². The van der Waals surface area contributed by atoms with E-state index in [0.29, 0.717) is 30.0 Å². The van der Waals surface area contributed by atoms with Crippen LogP contribution in [0.15, 0.2) is 41.5 Å². The van der Waals surface area contributed by atoms with E-state index in [-0.39, 0.29) is 11.2 Å². The van der Waals surface area contributed by atoms with E-state index in [1.807, 2.05) is 4.90 Å². The zero-order chi connectivity index (χ0) is 19.9. The summed E-state index contributed by atoms with van der Waals surface area (Å²) >= 11 is 0. The van der Waals surface area contributed by atoms with Crippen LogP contribution in [0.2, 0.25) is 0 Å². The molecule has 1 aliphatic rings. The van der Waals surface area contributed by atoms with E-state index in [0.717, 1.165) is 11.0 Å². The van der Waals surface area contributed by atoms with Gasteiger partial charge in [-0.25, -0.2) is 9.97 Å². The van der Waals surface area contributed by atoms with Crippen LogP contribution in [0.5, 0.6) is 0 Å². The molecule has 1 unspecified atom stereocenters. The fourth-order valence-corrected chi connectivity index (χ4v) is 3.74. The maximum absolute atomic E-state index is 13.2. The molecule has 3 aromatic rings. The van der Waals surface area contributed by atoms with E-state index in [1.54, 1.807) is 37.5 Å². The summed E-state index contributed by atoms with van der Waals surface area (Å²) in [5, 5.41) is 0.177. The molecular weight excluding hydrogens is 371 g/mol. The lowest BCUT2D eigenvalue weighted by molar-refractivity contribution is -0.141. The zero-order valence-corrected chi connectivity index (χ0v) is 15.1. The van der Waals surface area contributed by atoms with Gasteiger partial charge in [0.25, 0.3) is 5.56 Å². The predicted octanol–water partition coefficient (Wildman–Crippen LogP) is 3.40. The Labute approximate surface area is 158 Å². The van der Waals surface area contributed by atoms with Crippen LogP contribution in [-0.2, 0) is 6.54 Å². The molecule has 4 rings (SSSR count). The van der Waals surface area contributed by atoms with Crippen molar-refractivity contribution in [3.63, 3.8) is 0 Å². The van der Waals surface area contributed by atoms with Gasteiger partial charge in [0.05, 0.1) is 22.6 Å². The molecule has 0 saturated carbocycles. The van der Waals surface area contributed by atoms with Crippen molar-refractivity contribution in [1.82, 2.24) is 19.5 Å². The lowest BCUT2D eigenvalue weighted by Crippen LogP contribution is -2.36. The summed E-state index contributed by atoms with van der Waals surface area (Å²) in [6.07, 6.45) is -0.0746. The third-order valence-corrected chi connectivity index (χ3v) is 4.91. The van der Waals surface area contributed by atoms with Gasteiger partial charge in [-0.1, -0.05) is 12.1 Å². The van der Waals surface area contributed by atoms with Crippen LogP contribution in [-0.4, -0.2) is 32.2 Å². The van der Waals surface area contributed by atoms with Gasteiger partial charge in [-0.05, 0) is 31.9 Å². The second-order valence-corrected chi connectivity index (χ2v) is 6.81. The molecule has 1 atom stereocenters. The summed E-state index contributed by atoms with van der Waals surface area (Å²) in [6, 6.07) is 6.00. The second-order valence-electron chi connectivity index (χ2n) is 6.81. The van der Waals surface area contributed by atoms with Crippen LogP contribution in [0.1, 0.15) is 30.4 Å². The van der Waals surface area contributed by atoms with Gasteiger partial charge in [-0.2, -0.15) is 13.2 Å². The number of para-hydroxylation sites is 1. The molecule has 0 amide bonds. The summed E-state index contributed by atoms with van der Waals surface area (Å²) in [6.45, 7) is 1.04. The van der Waals surface area contributed by atoms with E-state index in [4.69, 9.17) is 0 Å². The summed E-state index contributed by atoms with van der Waals surface area (Å²) in [4.78, 5) is 27.8. The highest BCUT2D eigenvalue weighted by atomic mass is 19.4. The molecule has 146 valence electrons. The van der Waals surface area contributed by atoms with Crippen molar-refractivity contribution in [3.05, 3.63) is 58.5 Å². The number of anilines is 1. The summed E-state index contributed by atoms with van der Waals surface area (Å²) in [5.41, 5.74) is 0.393. The fraction of sp³-hybridized carbons (Fsp3) is 0.368. The molecule has 1 saturated heterocycles. The van der Waals surface area contributed by atoms with Gasteiger partial charge in [-0.15, -0.1) is 0 Å². The summed E-state index contributed by atoms with van der Waals surface area (Å²) < 4.78 is 40.5. The first-order valence-electron chi connectivity index (χ1n) is 8.95. The molecule has 6 nitrogen and oxygen atoms in total. The predicted molar refractivity (Wildman–Crippen MR) is 98.1 cm³/mol. The Balaban J connectivity index is 1.90. The SMILES string of the molecule is Cc1nccnc1N1CCCC1c1nc2ccccc2c(=O)n1CC(F)(F)F. The smallest absolute Gasteiger partial charge is 0.345 e. The van der Waals surface area contributed by atoms with Crippen molar-refractivity contribution in [2.45, 2.75) is 38.5 Å². The van der Waals surface area contributed by atoms with Gasteiger partial charge in [0.15, 0.2) is 5.82 Å². The first-order valence-corrected chi connectivity index (χ1v) is 8.95. The maximum Gasteiger partial charge on any atom is 0.406 e. The van der Waals surface area contributed by atoms with Crippen molar-refractivity contribution in [2.24, 2.45) is 0 Å². The minimum absolute atomic E-state index is 0.114. The van der Waals surface area contributed by atoms with Gasteiger partial charge in [0, 0.05) is 18.9 Å². The topological polar surface area (TPSA) is 63.9 Å². The average molecular weight is 389 g/mol. The lowest BCUT2D eigenvalue weighted by Gasteiger charge is -2.28. The maximum atomic E-state index is 13.2. The van der Waals surface area contributed by atoms with Crippen molar-refractivity contribution >= 4 is 16.7 Å². The number of alkyl halides is 3. The molecule has 0 spiro atoms. The monoisotopic (exact) mass is 389 g/mol. The van der Waals surface area contributed by atoms with E-state index >= 15 is 0 Å². The minimum Gasteiger partial charge on any atom is -0.345 e. The third kappa shape index (κ3) is 3.32. The van der Waals surface area contributed by atoms with E-state index < -0.39 is 24.3 Å². The van der Waals surface area contributed by atoms with Crippen molar-refractivity contribution < 1.29 is 13.2 Å². The molecule has 28 heavy (non-hydrogen) atoms. The molecule has 9 heteroatoms. The number of hydrogen-bond acceptors (Lipinski definition) is 5. The van der Waals surface area contributed by atoms with E-state index in [2.05, 4.69) is 15.0 Å². The highest BCUT2D eigenvalue weighted by Gasteiger charge is 2.36. The molecule has 1 fully saturated rings. The Bertz CT molecular complexity index is 1080. The summed E-state index contributed by atoms with van der Waals surface area (Å²) in [5.74, 6) is 0.717. The normalized spacial score (nSPS) is 17.4. The third-order valence-electron chi connectivity index (χ3n) is 4.91. The first-order chi connectivity index (χ1) is 13.3. The Kier molecular flexibility index (Phi) is 4.52. The molecule has 1 aliphatic heterocycles. The number of aromatic nitrogens is 4. The van der Waals surface area contributed by atoms with Crippen LogP contribution in [0.25, 0.3) is 10.9 Å². The fourth-order valence-electron chi connectivity index (χ4n) is 3.74. The Hall–Kier alpha value is -2.97. The summed E-state index contributed by atoms with van der Waals surface area (Å²) in [7, 11) is 0. The zero-order valence-electron chi connectivity index (χ0n) is 15.1. The van der Waals surface area contributed by atoms with E-state index in [9.17, 15) is 18.0 Å². The Morgan fingerprint density at radius 3 is 2.68 bits per heavy atom.